The number of nitrogens with zero attached hydrogens (tertiary/aromatic N) is 4. The minimum Gasteiger partial charge on any atom is -0.307 e. The molecule has 5 heteroatoms. The molecule has 0 radical (unpaired) electrons. The van der Waals surface area contributed by atoms with Gasteiger partial charge >= 0.3 is 0 Å². The molecule has 116 valence electrons. The molecule has 0 saturated carbocycles. The van der Waals surface area contributed by atoms with E-state index in [1.807, 2.05) is 4.68 Å². The summed E-state index contributed by atoms with van der Waals surface area (Å²) in [5, 5.41) is 15.7. The summed E-state index contributed by atoms with van der Waals surface area (Å²) in [5.74, 6) is 1.59. The Bertz CT molecular complexity index is 361. The Kier molecular flexibility index (Phi) is 7.73. The van der Waals surface area contributed by atoms with Gasteiger partial charge in [0.25, 0.3) is 0 Å². The fourth-order valence-electron chi connectivity index (χ4n) is 2.29. The highest BCUT2D eigenvalue weighted by atomic mass is 15.6. The van der Waals surface area contributed by atoms with Crippen molar-refractivity contribution in [2.45, 2.75) is 78.8 Å². The van der Waals surface area contributed by atoms with E-state index in [1.165, 1.54) is 25.7 Å². The molecule has 20 heavy (non-hydrogen) atoms. The standard InChI is InChI=1S/C15H31N5/c1-6-7-8-9-10-13(4)20-15(17-18-19-20)14(5)16-11-12(2)3/h12-14,16H,6-11H2,1-5H3. The predicted molar refractivity (Wildman–Crippen MR) is 82.5 cm³/mol. The van der Waals surface area contributed by atoms with Crippen molar-refractivity contribution in [3.05, 3.63) is 5.82 Å². The summed E-state index contributed by atoms with van der Waals surface area (Å²) in [6, 6.07) is 0.575. The highest BCUT2D eigenvalue weighted by Crippen LogP contribution is 2.19. The van der Waals surface area contributed by atoms with Crippen LogP contribution >= 0.6 is 0 Å². The van der Waals surface area contributed by atoms with Crippen molar-refractivity contribution < 1.29 is 0 Å². The Morgan fingerprint density at radius 3 is 2.50 bits per heavy atom. The molecule has 1 N–H and O–H groups in total. The van der Waals surface area contributed by atoms with Crippen LogP contribution in [0.2, 0.25) is 0 Å². The van der Waals surface area contributed by atoms with Gasteiger partial charge in [0.2, 0.25) is 0 Å². The van der Waals surface area contributed by atoms with E-state index in [0.29, 0.717) is 12.0 Å². The van der Waals surface area contributed by atoms with Crippen molar-refractivity contribution in [2.24, 2.45) is 5.92 Å². The Morgan fingerprint density at radius 1 is 1.10 bits per heavy atom. The summed E-state index contributed by atoms with van der Waals surface area (Å²) in [5.41, 5.74) is 0. The molecule has 1 rings (SSSR count). The van der Waals surface area contributed by atoms with E-state index in [4.69, 9.17) is 0 Å². The second-order valence-electron chi connectivity index (χ2n) is 6.20. The van der Waals surface area contributed by atoms with Crippen molar-refractivity contribution in [1.29, 1.82) is 0 Å². The first-order valence-electron chi connectivity index (χ1n) is 8.07. The van der Waals surface area contributed by atoms with Crippen LogP contribution in [-0.2, 0) is 0 Å². The van der Waals surface area contributed by atoms with Gasteiger partial charge in [0, 0.05) is 0 Å². The van der Waals surface area contributed by atoms with Gasteiger partial charge in [0.05, 0.1) is 12.1 Å². The number of unbranched alkanes of at least 4 members (excludes halogenated alkanes) is 3. The minimum atomic E-state index is 0.200. The summed E-state index contributed by atoms with van der Waals surface area (Å²) in [6.45, 7) is 12.0. The van der Waals surface area contributed by atoms with Crippen molar-refractivity contribution >= 4 is 0 Å². The van der Waals surface area contributed by atoms with Gasteiger partial charge in [-0.15, -0.1) is 5.10 Å². The molecule has 0 amide bonds. The van der Waals surface area contributed by atoms with Gasteiger partial charge in [0.1, 0.15) is 0 Å². The van der Waals surface area contributed by atoms with Crippen molar-refractivity contribution in [1.82, 2.24) is 25.5 Å². The van der Waals surface area contributed by atoms with Crippen LogP contribution in [0.15, 0.2) is 0 Å². The van der Waals surface area contributed by atoms with Gasteiger partial charge in [0.15, 0.2) is 5.82 Å². The molecule has 1 heterocycles. The number of aromatic nitrogens is 4. The lowest BCUT2D eigenvalue weighted by Gasteiger charge is -2.18. The van der Waals surface area contributed by atoms with E-state index in [-0.39, 0.29) is 6.04 Å². The quantitative estimate of drug-likeness (QED) is 0.667. The molecule has 2 atom stereocenters. The van der Waals surface area contributed by atoms with E-state index in [1.54, 1.807) is 0 Å². The zero-order valence-corrected chi connectivity index (χ0v) is 13.8. The molecule has 1 aromatic rings. The van der Waals surface area contributed by atoms with Gasteiger partial charge < -0.3 is 5.32 Å². The molecule has 0 aliphatic rings. The number of hydrogen-bond acceptors (Lipinski definition) is 4. The maximum Gasteiger partial charge on any atom is 0.168 e. The van der Waals surface area contributed by atoms with Crippen LogP contribution in [-0.4, -0.2) is 26.8 Å². The molecule has 1 aromatic heterocycles. The first kappa shape index (κ1) is 17.1. The summed E-state index contributed by atoms with van der Waals surface area (Å²) >= 11 is 0. The molecule has 0 aromatic carbocycles. The summed E-state index contributed by atoms with van der Waals surface area (Å²) < 4.78 is 1.99. The second kappa shape index (κ2) is 9.06. The second-order valence-corrected chi connectivity index (χ2v) is 6.20. The van der Waals surface area contributed by atoms with E-state index < -0.39 is 0 Å². The SMILES string of the molecule is CCCCCCC(C)n1nnnc1C(C)NCC(C)C. The minimum absolute atomic E-state index is 0.200. The third kappa shape index (κ3) is 5.57. The van der Waals surface area contributed by atoms with Crippen molar-refractivity contribution in [3.8, 4) is 0 Å². The zero-order valence-electron chi connectivity index (χ0n) is 13.8. The van der Waals surface area contributed by atoms with Gasteiger partial charge in [-0.05, 0) is 43.2 Å². The van der Waals surface area contributed by atoms with E-state index >= 15 is 0 Å². The summed E-state index contributed by atoms with van der Waals surface area (Å²) in [7, 11) is 0. The van der Waals surface area contributed by atoms with Crippen LogP contribution in [0.25, 0.3) is 0 Å². The Labute approximate surface area is 123 Å². The summed E-state index contributed by atoms with van der Waals surface area (Å²) in [4.78, 5) is 0. The zero-order chi connectivity index (χ0) is 15.0. The fourth-order valence-corrected chi connectivity index (χ4v) is 2.29. The number of nitrogens with one attached hydrogen (secondary N) is 1. The van der Waals surface area contributed by atoms with Crippen LogP contribution in [0.1, 0.15) is 84.6 Å². The van der Waals surface area contributed by atoms with Gasteiger partial charge in [-0.2, -0.15) is 0 Å². The Hall–Kier alpha value is -0.970. The number of rotatable bonds is 10. The van der Waals surface area contributed by atoms with Crippen molar-refractivity contribution in [3.63, 3.8) is 0 Å². The lowest BCUT2D eigenvalue weighted by molar-refractivity contribution is 0.388. The molecule has 0 saturated heterocycles. The Morgan fingerprint density at radius 2 is 1.85 bits per heavy atom. The number of hydrogen-bond donors (Lipinski definition) is 1. The third-order valence-electron chi connectivity index (χ3n) is 3.63. The molecule has 0 aliphatic heterocycles. The first-order chi connectivity index (χ1) is 9.56. The molecular formula is C15H31N5. The van der Waals surface area contributed by atoms with Gasteiger partial charge in [-0.25, -0.2) is 4.68 Å². The maximum atomic E-state index is 4.20. The average Bonchev–Trinajstić information content (AvgIpc) is 2.90. The monoisotopic (exact) mass is 281 g/mol. The molecule has 0 fully saturated rings. The first-order valence-corrected chi connectivity index (χ1v) is 8.07. The van der Waals surface area contributed by atoms with Crippen LogP contribution in [0.5, 0.6) is 0 Å². The molecule has 0 spiro atoms. The van der Waals surface area contributed by atoms with Crippen molar-refractivity contribution in [2.75, 3.05) is 6.54 Å². The van der Waals surface area contributed by atoms with Gasteiger partial charge in [-0.1, -0.05) is 46.5 Å². The summed E-state index contributed by atoms with van der Waals surface area (Å²) in [6.07, 6.45) is 6.30. The molecule has 5 nitrogen and oxygen atoms in total. The molecule has 0 bridgehead atoms. The largest absolute Gasteiger partial charge is 0.307 e. The average molecular weight is 281 g/mol. The van der Waals surface area contributed by atoms with E-state index in [0.717, 1.165) is 18.8 Å². The Balaban J connectivity index is 2.51. The predicted octanol–water partition coefficient (Wildman–Crippen LogP) is 3.51. The van der Waals surface area contributed by atoms with Gasteiger partial charge in [-0.3, -0.25) is 0 Å². The lowest BCUT2D eigenvalue weighted by Crippen LogP contribution is -2.26. The molecule has 0 aliphatic carbocycles. The highest BCUT2D eigenvalue weighted by Gasteiger charge is 2.18. The van der Waals surface area contributed by atoms with Crippen LogP contribution in [0.4, 0.5) is 0 Å². The van der Waals surface area contributed by atoms with Crippen LogP contribution < -0.4 is 5.32 Å². The van der Waals surface area contributed by atoms with E-state index in [2.05, 4.69) is 55.5 Å². The van der Waals surface area contributed by atoms with Crippen LogP contribution in [0.3, 0.4) is 0 Å². The maximum absolute atomic E-state index is 4.20. The molecule has 2 unspecified atom stereocenters. The number of tetrazole rings is 1. The highest BCUT2D eigenvalue weighted by molar-refractivity contribution is 4.91. The topological polar surface area (TPSA) is 55.6 Å². The normalized spacial score (nSPS) is 14.7. The fraction of sp³-hybridized carbons (Fsp3) is 0.933. The molecular weight excluding hydrogens is 250 g/mol. The van der Waals surface area contributed by atoms with Crippen LogP contribution in [0, 0.1) is 5.92 Å². The lowest BCUT2D eigenvalue weighted by atomic mass is 10.1. The van der Waals surface area contributed by atoms with E-state index in [9.17, 15) is 0 Å². The third-order valence-corrected chi connectivity index (χ3v) is 3.63. The smallest absolute Gasteiger partial charge is 0.168 e.